The minimum atomic E-state index is -0.191. The van der Waals surface area contributed by atoms with Gasteiger partial charge in [0.15, 0.2) is 5.82 Å². The third-order valence-corrected chi connectivity index (χ3v) is 6.44. The number of benzene rings is 1. The van der Waals surface area contributed by atoms with Crippen LogP contribution in [0.15, 0.2) is 29.1 Å². The van der Waals surface area contributed by atoms with E-state index in [-0.39, 0.29) is 5.56 Å². The van der Waals surface area contributed by atoms with Crippen LogP contribution in [0.5, 0.6) is 0 Å². The molecule has 0 unspecified atom stereocenters. The number of fused-ring (bicyclic) bond motifs is 1. The van der Waals surface area contributed by atoms with Crippen molar-refractivity contribution in [2.45, 2.75) is 33.1 Å². The molecule has 3 heterocycles. The first-order valence-corrected chi connectivity index (χ1v) is 10.4. The zero-order valence-electron chi connectivity index (χ0n) is 16.1. The lowest BCUT2D eigenvalue weighted by Gasteiger charge is -2.28. The molecule has 1 aliphatic heterocycles. The molecule has 1 N–H and O–H groups in total. The highest BCUT2D eigenvalue weighted by atomic mass is 32.1. The van der Waals surface area contributed by atoms with E-state index in [4.69, 9.17) is 0 Å². The molecule has 2 aromatic heterocycles. The maximum Gasteiger partial charge on any atom is 0.260 e. The maximum atomic E-state index is 12.5. The Labute approximate surface area is 168 Å². The number of thiophene rings is 1. The zero-order valence-corrected chi connectivity index (χ0v) is 16.9. The molecule has 142 valence electrons. The van der Waals surface area contributed by atoms with Gasteiger partial charge < -0.3 is 9.88 Å². The van der Waals surface area contributed by atoms with Crippen molar-refractivity contribution in [3.8, 4) is 6.07 Å². The van der Waals surface area contributed by atoms with Crippen LogP contribution in [0.25, 0.3) is 21.9 Å². The van der Waals surface area contributed by atoms with Gasteiger partial charge in [-0.1, -0.05) is 12.1 Å². The molecule has 0 atom stereocenters. The Morgan fingerprint density at radius 1 is 1.21 bits per heavy atom. The van der Waals surface area contributed by atoms with Gasteiger partial charge in [0.2, 0.25) is 0 Å². The van der Waals surface area contributed by atoms with Gasteiger partial charge in [-0.25, -0.2) is 4.98 Å². The Balaban J connectivity index is 1.67. The summed E-state index contributed by atoms with van der Waals surface area (Å²) in [7, 11) is 0. The van der Waals surface area contributed by atoms with Gasteiger partial charge in [0, 0.05) is 23.7 Å². The molecule has 0 radical (unpaired) electrons. The van der Waals surface area contributed by atoms with E-state index in [0.717, 1.165) is 29.1 Å². The van der Waals surface area contributed by atoms with E-state index >= 15 is 0 Å². The predicted molar refractivity (Wildman–Crippen MR) is 116 cm³/mol. The topological polar surface area (TPSA) is 72.8 Å². The number of aryl methyl sites for hydroxylation is 2. The van der Waals surface area contributed by atoms with E-state index in [0.29, 0.717) is 21.6 Å². The molecule has 4 rings (SSSR count). The summed E-state index contributed by atoms with van der Waals surface area (Å²) in [5.41, 5.74) is 3.25. The van der Waals surface area contributed by atoms with Crippen LogP contribution in [0.1, 0.15) is 41.1 Å². The molecule has 1 aromatic carbocycles. The summed E-state index contributed by atoms with van der Waals surface area (Å²) in [6, 6.07) is 10.4. The van der Waals surface area contributed by atoms with Crippen LogP contribution in [0, 0.1) is 25.2 Å². The van der Waals surface area contributed by atoms with Crippen LogP contribution in [0.2, 0.25) is 0 Å². The fraction of sp³-hybridized carbons (Fsp3) is 0.318. The van der Waals surface area contributed by atoms with Gasteiger partial charge in [0.05, 0.1) is 11.0 Å². The van der Waals surface area contributed by atoms with Crippen molar-refractivity contribution < 1.29 is 0 Å². The summed E-state index contributed by atoms with van der Waals surface area (Å²) in [6.07, 6.45) is 5.56. The molecule has 28 heavy (non-hydrogen) atoms. The second-order valence-electron chi connectivity index (χ2n) is 7.19. The van der Waals surface area contributed by atoms with E-state index < -0.39 is 0 Å². The summed E-state index contributed by atoms with van der Waals surface area (Å²) >= 11 is 1.49. The summed E-state index contributed by atoms with van der Waals surface area (Å²) in [5, 5.41) is 10.3. The molecule has 1 aliphatic rings. The lowest BCUT2D eigenvalue weighted by Crippen LogP contribution is -2.29. The quantitative estimate of drug-likeness (QED) is 0.661. The fourth-order valence-electron chi connectivity index (χ4n) is 3.64. The van der Waals surface area contributed by atoms with Crippen molar-refractivity contribution >= 4 is 38.9 Å². The summed E-state index contributed by atoms with van der Waals surface area (Å²) in [4.78, 5) is 24.0. The van der Waals surface area contributed by atoms with Gasteiger partial charge in [0.25, 0.3) is 5.56 Å². The molecule has 1 saturated heterocycles. The number of aromatic amines is 1. The molecule has 0 saturated carbocycles. The summed E-state index contributed by atoms with van der Waals surface area (Å²) in [6.45, 7) is 6.11. The van der Waals surface area contributed by atoms with E-state index in [1.807, 2.05) is 26.0 Å². The number of piperidine rings is 1. The number of H-pyrrole nitrogens is 1. The number of hydrogen-bond donors (Lipinski definition) is 1. The third-order valence-electron chi connectivity index (χ3n) is 5.34. The minimum absolute atomic E-state index is 0.191. The van der Waals surface area contributed by atoms with Crippen LogP contribution < -0.4 is 10.5 Å². The van der Waals surface area contributed by atoms with E-state index in [2.05, 4.69) is 33.1 Å². The van der Waals surface area contributed by atoms with E-state index in [1.54, 1.807) is 6.08 Å². The summed E-state index contributed by atoms with van der Waals surface area (Å²) in [5.74, 6) is 0.321. The summed E-state index contributed by atoms with van der Waals surface area (Å²) < 4.78 is 0. The van der Waals surface area contributed by atoms with Crippen LogP contribution in [-0.2, 0) is 0 Å². The average molecular weight is 391 g/mol. The lowest BCUT2D eigenvalue weighted by molar-refractivity contribution is 0.578. The van der Waals surface area contributed by atoms with Gasteiger partial charge in [-0.15, -0.1) is 11.3 Å². The van der Waals surface area contributed by atoms with Gasteiger partial charge in [-0.05, 0) is 62.4 Å². The molecule has 5 nitrogen and oxygen atoms in total. The molecule has 3 aromatic rings. The molecule has 0 amide bonds. The highest BCUT2D eigenvalue weighted by Crippen LogP contribution is 2.27. The molecular formula is C22H22N4OS. The second kappa shape index (κ2) is 7.61. The van der Waals surface area contributed by atoms with Gasteiger partial charge >= 0.3 is 0 Å². The first-order valence-electron chi connectivity index (χ1n) is 9.54. The number of anilines is 1. The molecule has 6 heteroatoms. The molecule has 0 bridgehead atoms. The Bertz CT molecular complexity index is 1140. The number of rotatable bonds is 3. The minimum Gasteiger partial charge on any atom is -0.372 e. The number of aromatic nitrogens is 2. The highest BCUT2D eigenvalue weighted by Gasteiger charge is 2.14. The Kier molecular flexibility index (Phi) is 5.01. The SMILES string of the molecule is Cc1sc2nc(/C(C#N)=C/c3ccc(N4CCCCC4)cc3)[nH]c(=O)c2c1C. The first kappa shape index (κ1) is 18.5. The van der Waals surface area contributed by atoms with Crippen LogP contribution >= 0.6 is 11.3 Å². The van der Waals surface area contributed by atoms with Crippen molar-refractivity contribution in [1.82, 2.24) is 9.97 Å². The average Bonchev–Trinajstić information content (AvgIpc) is 3.01. The number of nitrogens with one attached hydrogen (secondary N) is 1. The number of nitriles is 1. The Morgan fingerprint density at radius 3 is 2.61 bits per heavy atom. The molecule has 1 fully saturated rings. The zero-order chi connectivity index (χ0) is 19.7. The number of hydrogen-bond acceptors (Lipinski definition) is 5. The van der Waals surface area contributed by atoms with Gasteiger partial charge in [0.1, 0.15) is 10.9 Å². The third kappa shape index (κ3) is 3.46. The normalized spacial score (nSPS) is 15.0. The van der Waals surface area contributed by atoms with Gasteiger partial charge in [-0.3, -0.25) is 4.79 Å². The Morgan fingerprint density at radius 2 is 1.93 bits per heavy atom. The van der Waals surface area contributed by atoms with Crippen LogP contribution in [-0.4, -0.2) is 23.1 Å². The predicted octanol–water partition coefficient (Wildman–Crippen LogP) is 4.66. The highest BCUT2D eigenvalue weighted by molar-refractivity contribution is 7.18. The molecule has 0 aliphatic carbocycles. The number of nitrogens with zero attached hydrogens (tertiary/aromatic N) is 3. The molecular weight excluding hydrogens is 368 g/mol. The van der Waals surface area contributed by atoms with Crippen molar-refractivity contribution in [3.63, 3.8) is 0 Å². The van der Waals surface area contributed by atoms with Crippen LogP contribution in [0.4, 0.5) is 5.69 Å². The van der Waals surface area contributed by atoms with Crippen molar-refractivity contribution in [3.05, 3.63) is 56.4 Å². The van der Waals surface area contributed by atoms with E-state index in [9.17, 15) is 10.1 Å². The standard InChI is InChI=1S/C22H22N4OS/c1-14-15(2)28-22-19(14)21(27)24-20(25-22)17(13-23)12-16-6-8-18(9-7-16)26-10-4-3-5-11-26/h6-9,12H,3-5,10-11H2,1-2H3,(H,24,25,27)/b17-12+. The number of allylic oxidation sites excluding steroid dienone is 1. The molecule has 0 spiro atoms. The first-order chi connectivity index (χ1) is 13.6. The smallest absolute Gasteiger partial charge is 0.260 e. The van der Waals surface area contributed by atoms with Crippen molar-refractivity contribution in [2.24, 2.45) is 0 Å². The lowest BCUT2D eigenvalue weighted by atomic mass is 10.1. The maximum absolute atomic E-state index is 12.5. The van der Waals surface area contributed by atoms with Gasteiger partial charge in [-0.2, -0.15) is 5.26 Å². The van der Waals surface area contributed by atoms with Crippen molar-refractivity contribution in [2.75, 3.05) is 18.0 Å². The Hall–Kier alpha value is -2.91. The van der Waals surface area contributed by atoms with Crippen molar-refractivity contribution in [1.29, 1.82) is 5.26 Å². The largest absolute Gasteiger partial charge is 0.372 e. The van der Waals surface area contributed by atoms with Crippen LogP contribution in [0.3, 0.4) is 0 Å². The second-order valence-corrected chi connectivity index (χ2v) is 8.39. The fourth-order valence-corrected chi connectivity index (χ4v) is 4.67. The van der Waals surface area contributed by atoms with E-state index in [1.165, 1.54) is 36.3 Å². The monoisotopic (exact) mass is 390 g/mol.